The molecule has 1 saturated heterocycles. The SMILES string of the molecule is CCCCN(C)C(=O)Cn1c(C2CC(=O)N(c3ccc(OC)cc3)C2)nc2ccccc21. The molecule has 2 heterocycles. The van der Waals surface area contributed by atoms with Gasteiger partial charge in [0, 0.05) is 38.2 Å². The molecule has 0 saturated carbocycles. The largest absolute Gasteiger partial charge is 0.497 e. The van der Waals surface area contributed by atoms with E-state index in [4.69, 9.17) is 9.72 Å². The van der Waals surface area contributed by atoms with Crippen LogP contribution in [-0.4, -0.2) is 53.5 Å². The van der Waals surface area contributed by atoms with Crippen molar-refractivity contribution in [2.45, 2.75) is 38.6 Å². The molecule has 1 aliphatic rings. The predicted molar refractivity (Wildman–Crippen MR) is 125 cm³/mol. The monoisotopic (exact) mass is 434 g/mol. The maximum absolute atomic E-state index is 12.9. The minimum Gasteiger partial charge on any atom is -0.497 e. The number of para-hydroxylation sites is 2. The van der Waals surface area contributed by atoms with Gasteiger partial charge in [-0.1, -0.05) is 25.5 Å². The molecule has 0 radical (unpaired) electrons. The van der Waals surface area contributed by atoms with Gasteiger partial charge in [-0.2, -0.15) is 0 Å². The van der Waals surface area contributed by atoms with Crippen molar-refractivity contribution in [2.75, 3.05) is 32.1 Å². The second kappa shape index (κ2) is 9.42. The molecule has 1 atom stereocenters. The first-order valence-corrected chi connectivity index (χ1v) is 11.1. The molecule has 2 amide bonds. The van der Waals surface area contributed by atoms with Gasteiger partial charge in [0.15, 0.2) is 0 Å². The average Bonchev–Trinajstić information content (AvgIpc) is 3.38. The highest BCUT2D eigenvalue weighted by Crippen LogP contribution is 2.33. The molecule has 0 N–H and O–H groups in total. The lowest BCUT2D eigenvalue weighted by atomic mass is 10.1. The number of benzene rings is 2. The summed E-state index contributed by atoms with van der Waals surface area (Å²) in [6, 6.07) is 15.4. The Hall–Kier alpha value is -3.35. The van der Waals surface area contributed by atoms with E-state index in [-0.39, 0.29) is 24.3 Å². The fourth-order valence-corrected chi connectivity index (χ4v) is 4.24. The van der Waals surface area contributed by atoms with Gasteiger partial charge in [0.2, 0.25) is 11.8 Å². The number of aromatic nitrogens is 2. The number of carbonyl (C=O) groups is 2. The molecule has 0 aliphatic carbocycles. The van der Waals surface area contributed by atoms with E-state index in [0.717, 1.165) is 47.7 Å². The molecular weight excluding hydrogens is 404 g/mol. The van der Waals surface area contributed by atoms with Crippen molar-refractivity contribution < 1.29 is 14.3 Å². The minimum absolute atomic E-state index is 0.0548. The number of amides is 2. The zero-order chi connectivity index (χ0) is 22.7. The summed E-state index contributed by atoms with van der Waals surface area (Å²) in [5.74, 6) is 1.59. The molecule has 0 bridgehead atoms. The number of nitrogens with zero attached hydrogens (tertiary/aromatic N) is 4. The van der Waals surface area contributed by atoms with E-state index in [0.29, 0.717) is 13.0 Å². The molecule has 32 heavy (non-hydrogen) atoms. The van der Waals surface area contributed by atoms with Gasteiger partial charge in [0.05, 0.1) is 18.1 Å². The number of methoxy groups -OCH3 is 1. The van der Waals surface area contributed by atoms with E-state index in [9.17, 15) is 9.59 Å². The first-order valence-electron chi connectivity index (χ1n) is 11.1. The van der Waals surface area contributed by atoms with Crippen LogP contribution in [0.5, 0.6) is 5.75 Å². The standard InChI is InChI=1S/C25H30N4O3/c1-4-5-14-27(2)24(31)17-29-22-9-7-6-8-21(22)26-25(29)18-15-23(30)28(16-18)19-10-12-20(32-3)13-11-19/h6-13,18H,4-5,14-17H2,1-3H3. The smallest absolute Gasteiger partial charge is 0.242 e. The minimum atomic E-state index is -0.0780. The maximum atomic E-state index is 12.9. The van der Waals surface area contributed by atoms with Crippen LogP contribution in [0.15, 0.2) is 48.5 Å². The van der Waals surface area contributed by atoms with Gasteiger partial charge < -0.3 is 19.1 Å². The summed E-state index contributed by atoms with van der Waals surface area (Å²) in [5.41, 5.74) is 2.62. The van der Waals surface area contributed by atoms with Crippen LogP contribution in [-0.2, 0) is 16.1 Å². The fourth-order valence-electron chi connectivity index (χ4n) is 4.24. The molecule has 0 spiro atoms. The van der Waals surface area contributed by atoms with Crippen LogP contribution in [0.25, 0.3) is 11.0 Å². The molecular formula is C25H30N4O3. The lowest BCUT2D eigenvalue weighted by molar-refractivity contribution is -0.130. The summed E-state index contributed by atoms with van der Waals surface area (Å²) in [6.07, 6.45) is 2.39. The summed E-state index contributed by atoms with van der Waals surface area (Å²) in [7, 11) is 3.47. The fraction of sp³-hybridized carbons (Fsp3) is 0.400. The number of anilines is 1. The molecule has 1 aromatic heterocycles. The molecule has 1 aliphatic heterocycles. The van der Waals surface area contributed by atoms with Crippen LogP contribution in [0.1, 0.15) is 37.9 Å². The Balaban J connectivity index is 1.61. The number of rotatable bonds is 8. The van der Waals surface area contributed by atoms with Crippen molar-refractivity contribution in [1.29, 1.82) is 0 Å². The lowest BCUT2D eigenvalue weighted by Gasteiger charge is -2.20. The second-order valence-electron chi connectivity index (χ2n) is 8.32. The van der Waals surface area contributed by atoms with Crippen LogP contribution < -0.4 is 9.64 Å². The van der Waals surface area contributed by atoms with Crippen molar-refractivity contribution in [2.24, 2.45) is 0 Å². The van der Waals surface area contributed by atoms with Crippen LogP contribution in [0.2, 0.25) is 0 Å². The van der Waals surface area contributed by atoms with Crippen molar-refractivity contribution >= 4 is 28.5 Å². The van der Waals surface area contributed by atoms with Gasteiger partial charge in [-0.05, 0) is 42.8 Å². The van der Waals surface area contributed by atoms with Crippen LogP contribution in [0.4, 0.5) is 5.69 Å². The van der Waals surface area contributed by atoms with Gasteiger partial charge in [0.1, 0.15) is 18.1 Å². The second-order valence-corrected chi connectivity index (χ2v) is 8.32. The molecule has 4 rings (SSSR count). The topological polar surface area (TPSA) is 67.7 Å². The molecule has 1 fully saturated rings. The van der Waals surface area contributed by atoms with E-state index in [1.54, 1.807) is 16.9 Å². The Morgan fingerprint density at radius 2 is 1.94 bits per heavy atom. The Labute approximate surface area is 188 Å². The number of ether oxygens (including phenoxy) is 1. The number of imidazole rings is 1. The highest BCUT2D eigenvalue weighted by atomic mass is 16.5. The van der Waals surface area contributed by atoms with E-state index < -0.39 is 0 Å². The van der Waals surface area contributed by atoms with Crippen molar-refractivity contribution in [3.05, 3.63) is 54.4 Å². The average molecular weight is 435 g/mol. The number of carbonyl (C=O) groups excluding carboxylic acids is 2. The Bertz CT molecular complexity index is 1110. The predicted octanol–water partition coefficient (Wildman–Crippen LogP) is 3.82. The highest BCUT2D eigenvalue weighted by Gasteiger charge is 2.35. The van der Waals surface area contributed by atoms with Gasteiger partial charge >= 0.3 is 0 Å². The zero-order valence-electron chi connectivity index (χ0n) is 19.0. The van der Waals surface area contributed by atoms with Crippen LogP contribution >= 0.6 is 0 Å². The highest BCUT2D eigenvalue weighted by molar-refractivity contribution is 5.96. The van der Waals surface area contributed by atoms with Gasteiger partial charge in [-0.25, -0.2) is 4.98 Å². The van der Waals surface area contributed by atoms with Gasteiger partial charge in [0.25, 0.3) is 0 Å². The summed E-state index contributed by atoms with van der Waals surface area (Å²) >= 11 is 0. The Kier molecular flexibility index (Phi) is 6.44. The zero-order valence-corrected chi connectivity index (χ0v) is 19.0. The van der Waals surface area contributed by atoms with Crippen LogP contribution in [0, 0.1) is 0 Å². The third kappa shape index (κ3) is 4.33. The van der Waals surface area contributed by atoms with Crippen molar-refractivity contribution in [3.8, 4) is 5.75 Å². The van der Waals surface area contributed by atoms with Crippen molar-refractivity contribution in [1.82, 2.24) is 14.5 Å². The van der Waals surface area contributed by atoms with E-state index in [1.165, 1.54) is 0 Å². The number of unbranched alkanes of at least 4 members (excludes halogenated alkanes) is 1. The summed E-state index contributed by atoms with van der Waals surface area (Å²) in [5, 5.41) is 0. The first kappa shape index (κ1) is 21.9. The summed E-state index contributed by atoms with van der Waals surface area (Å²) in [4.78, 5) is 34.2. The summed E-state index contributed by atoms with van der Waals surface area (Å²) < 4.78 is 7.22. The third-order valence-electron chi connectivity index (χ3n) is 6.12. The first-order chi connectivity index (χ1) is 15.5. The third-order valence-corrected chi connectivity index (χ3v) is 6.12. The number of hydrogen-bond acceptors (Lipinski definition) is 4. The quantitative estimate of drug-likeness (QED) is 0.541. The van der Waals surface area contributed by atoms with E-state index in [1.807, 2.05) is 60.1 Å². The molecule has 7 nitrogen and oxygen atoms in total. The maximum Gasteiger partial charge on any atom is 0.242 e. The molecule has 3 aromatic rings. The molecule has 7 heteroatoms. The number of fused-ring (bicyclic) bond motifs is 1. The number of likely N-dealkylation sites (N-methyl/N-ethyl adjacent to an activating group) is 1. The van der Waals surface area contributed by atoms with Gasteiger partial charge in [-0.3, -0.25) is 9.59 Å². The van der Waals surface area contributed by atoms with Gasteiger partial charge in [-0.15, -0.1) is 0 Å². The summed E-state index contributed by atoms with van der Waals surface area (Å²) in [6.45, 7) is 3.62. The van der Waals surface area contributed by atoms with E-state index in [2.05, 4.69) is 6.92 Å². The van der Waals surface area contributed by atoms with Crippen molar-refractivity contribution in [3.63, 3.8) is 0 Å². The lowest BCUT2D eigenvalue weighted by Crippen LogP contribution is -2.32. The molecule has 168 valence electrons. The normalized spacial score (nSPS) is 16.0. The molecule has 1 unspecified atom stereocenters. The Morgan fingerprint density at radius 1 is 1.19 bits per heavy atom. The van der Waals surface area contributed by atoms with Crippen LogP contribution in [0.3, 0.4) is 0 Å². The Morgan fingerprint density at radius 3 is 2.66 bits per heavy atom. The molecule has 2 aromatic carbocycles. The van der Waals surface area contributed by atoms with E-state index >= 15 is 0 Å². The number of hydrogen-bond donors (Lipinski definition) is 0.